The number of benzene rings is 2. The molecule has 0 saturated heterocycles. The van der Waals surface area contributed by atoms with Gasteiger partial charge in [-0.15, -0.1) is 0 Å². The van der Waals surface area contributed by atoms with E-state index in [1.54, 1.807) is 0 Å². The van der Waals surface area contributed by atoms with Crippen LogP contribution >= 0.6 is 0 Å². The fourth-order valence-corrected chi connectivity index (χ4v) is 4.87. The van der Waals surface area contributed by atoms with Gasteiger partial charge in [-0.1, -0.05) is 42.5 Å². The first-order valence-electron chi connectivity index (χ1n) is 11.5. The number of pyridine rings is 1. The van der Waals surface area contributed by atoms with E-state index >= 15 is 0 Å². The molecule has 5 rings (SSSR count). The molecular weight excluding hydrogens is 414 g/mol. The normalized spacial score (nSPS) is 18.4. The number of carbonyl (C=O) groups excluding carboxylic acids is 1. The number of aromatic nitrogens is 2. The lowest BCUT2D eigenvalue weighted by molar-refractivity contribution is -0.143. The summed E-state index contributed by atoms with van der Waals surface area (Å²) in [5, 5.41) is 14.4. The summed E-state index contributed by atoms with van der Waals surface area (Å²) in [6, 6.07) is 22.0. The molecule has 0 spiro atoms. The van der Waals surface area contributed by atoms with E-state index in [0.29, 0.717) is 37.5 Å². The number of nitrogens with zero attached hydrogens (tertiary/aromatic N) is 2. The number of aliphatic carboxylic acids is 1. The molecule has 0 radical (unpaired) electrons. The van der Waals surface area contributed by atoms with Crippen molar-refractivity contribution in [2.24, 2.45) is 11.8 Å². The molecule has 1 fully saturated rings. The second-order valence-electron chi connectivity index (χ2n) is 8.94. The third kappa shape index (κ3) is 4.46. The van der Waals surface area contributed by atoms with Crippen molar-refractivity contribution >= 4 is 33.7 Å². The molecule has 0 bridgehead atoms. The molecule has 1 saturated carbocycles. The topological polar surface area (TPSA) is 84.2 Å². The number of carboxylic acid groups (broad SMARTS) is 1. The molecule has 2 aromatic heterocycles. The maximum Gasteiger partial charge on any atom is 0.306 e. The van der Waals surface area contributed by atoms with Crippen molar-refractivity contribution in [1.29, 1.82) is 0 Å². The van der Waals surface area contributed by atoms with E-state index in [4.69, 9.17) is 4.98 Å². The average Bonchev–Trinajstić information content (AvgIpc) is 3.21. The predicted octanol–water partition coefficient (Wildman–Crippen LogP) is 4.86. The molecule has 1 amide bonds. The lowest BCUT2D eigenvalue weighted by Gasteiger charge is -2.26. The van der Waals surface area contributed by atoms with Crippen LogP contribution in [0.25, 0.3) is 21.8 Å². The molecule has 0 aliphatic heterocycles. The number of rotatable bonds is 6. The minimum absolute atomic E-state index is 0.104. The van der Waals surface area contributed by atoms with Crippen LogP contribution in [-0.2, 0) is 11.3 Å². The van der Waals surface area contributed by atoms with Crippen LogP contribution in [0.15, 0.2) is 66.7 Å². The number of nitrogens with one attached hydrogen (secondary N) is 1. The molecule has 0 unspecified atom stereocenters. The first-order valence-corrected chi connectivity index (χ1v) is 11.5. The Bertz CT molecular complexity index is 1320. The number of hydrogen-bond donors (Lipinski definition) is 2. The van der Waals surface area contributed by atoms with Gasteiger partial charge in [0.1, 0.15) is 5.69 Å². The Morgan fingerprint density at radius 1 is 0.939 bits per heavy atom. The largest absolute Gasteiger partial charge is 0.481 e. The smallest absolute Gasteiger partial charge is 0.306 e. The highest BCUT2D eigenvalue weighted by Crippen LogP contribution is 2.29. The van der Waals surface area contributed by atoms with Crippen LogP contribution in [0.3, 0.4) is 0 Å². The van der Waals surface area contributed by atoms with Crippen LogP contribution in [0.4, 0.5) is 0 Å². The van der Waals surface area contributed by atoms with Crippen molar-refractivity contribution in [2.45, 2.75) is 32.2 Å². The summed E-state index contributed by atoms with van der Waals surface area (Å²) in [6.45, 7) is 1.08. The fourth-order valence-electron chi connectivity index (χ4n) is 4.87. The maximum absolute atomic E-state index is 13.2. The molecule has 168 valence electrons. The van der Waals surface area contributed by atoms with Crippen LogP contribution in [0.1, 0.15) is 41.9 Å². The molecule has 1 aliphatic rings. The lowest BCUT2D eigenvalue weighted by atomic mass is 9.82. The van der Waals surface area contributed by atoms with E-state index < -0.39 is 5.97 Å². The molecule has 6 heteroatoms. The first-order chi connectivity index (χ1) is 16.1. The van der Waals surface area contributed by atoms with Crippen molar-refractivity contribution in [3.05, 3.63) is 78.1 Å². The summed E-state index contributed by atoms with van der Waals surface area (Å²) in [4.78, 5) is 29.2. The highest BCUT2D eigenvalue weighted by atomic mass is 16.4. The standard InChI is InChI=1S/C27H27N3O3/c31-26(28-16-18-9-11-20(12-10-18)27(32)33)25-15-21-6-2-4-8-24(21)30(25)17-22-14-13-19-5-1-3-7-23(19)29-22/h1-8,13-15,18,20H,9-12,16-17H2,(H,28,31)(H,32,33). The molecule has 6 nitrogen and oxygen atoms in total. The first kappa shape index (κ1) is 21.2. The molecule has 33 heavy (non-hydrogen) atoms. The molecular formula is C27H27N3O3. The number of amides is 1. The van der Waals surface area contributed by atoms with Gasteiger partial charge in [-0.05, 0) is 55.9 Å². The zero-order chi connectivity index (χ0) is 22.8. The number of fused-ring (bicyclic) bond motifs is 2. The fraction of sp³-hybridized carbons (Fsp3) is 0.296. The number of hydrogen-bond acceptors (Lipinski definition) is 3. The van der Waals surface area contributed by atoms with Gasteiger partial charge in [0.25, 0.3) is 5.91 Å². The predicted molar refractivity (Wildman–Crippen MR) is 128 cm³/mol. The Hall–Kier alpha value is -3.67. The van der Waals surface area contributed by atoms with Crippen LogP contribution in [0.2, 0.25) is 0 Å². The minimum Gasteiger partial charge on any atom is -0.481 e. The number of carbonyl (C=O) groups is 2. The van der Waals surface area contributed by atoms with E-state index in [2.05, 4.69) is 11.4 Å². The zero-order valence-electron chi connectivity index (χ0n) is 18.4. The van der Waals surface area contributed by atoms with Crippen molar-refractivity contribution < 1.29 is 14.7 Å². The average molecular weight is 442 g/mol. The summed E-state index contributed by atoms with van der Waals surface area (Å²) < 4.78 is 2.03. The van der Waals surface area contributed by atoms with Crippen LogP contribution in [0, 0.1) is 11.8 Å². The second kappa shape index (κ2) is 9.06. The van der Waals surface area contributed by atoms with Gasteiger partial charge in [0.15, 0.2) is 0 Å². The summed E-state index contributed by atoms with van der Waals surface area (Å²) in [6.07, 6.45) is 3.04. The molecule has 2 aromatic carbocycles. The van der Waals surface area contributed by atoms with Crippen molar-refractivity contribution in [2.75, 3.05) is 6.54 Å². The van der Waals surface area contributed by atoms with Gasteiger partial charge >= 0.3 is 5.97 Å². The van der Waals surface area contributed by atoms with Crippen LogP contribution in [-0.4, -0.2) is 33.1 Å². The van der Waals surface area contributed by atoms with Gasteiger partial charge < -0.3 is 15.0 Å². The SMILES string of the molecule is O=C(NCC1CCC(C(=O)O)CC1)c1cc2ccccc2n1Cc1ccc2ccccc2n1. The van der Waals surface area contributed by atoms with Crippen molar-refractivity contribution in [3.63, 3.8) is 0 Å². The van der Waals surface area contributed by atoms with Gasteiger partial charge in [-0.2, -0.15) is 0 Å². The number of para-hydroxylation sites is 2. The molecule has 4 aromatic rings. The summed E-state index contributed by atoms with van der Waals surface area (Å²) in [7, 11) is 0. The Labute approximate surface area is 192 Å². The van der Waals surface area contributed by atoms with Gasteiger partial charge in [-0.3, -0.25) is 14.6 Å². The number of carboxylic acids is 1. The highest BCUT2D eigenvalue weighted by molar-refractivity contribution is 5.98. The van der Waals surface area contributed by atoms with Crippen molar-refractivity contribution in [3.8, 4) is 0 Å². The van der Waals surface area contributed by atoms with Crippen LogP contribution in [0.5, 0.6) is 0 Å². The van der Waals surface area contributed by atoms with Crippen molar-refractivity contribution in [1.82, 2.24) is 14.9 Å². The molecule has 2 heterocycles. The molecule has 1 aliphatic carbocycles. The molecule has 2 N–H and O–H groups in total. The van der Waals surface area contributed by atoms with E-state index in [1.165, 1.54) is 0 Å². The highest BCUT2D eigenvalue weighted by Gasteiger charge is 2.26. The Balaban J connectivity index is 1.36. The van der Waals surface area contributed by atoms with Gasteiger partial charge in [0, 0.05) is 22.8 Å². The van der Waals surface area contributed by atoms with E-state index in [9.17, 15) is 14.7 Å². The van der Waals surface area contributed by atoms with E-state index in [-0.39, 0.29) is 11.8 Å². The summed E-state index contributed by atoms with van der Waals surface area (Å²) in [5.74, 6) is -0.727. The Morgan fingerprint density at radius 2 is 1.67 bits per heavy atom. The van der Waals surface area contributed by atoms with E-state index in [0.717, 1.165) is 40.3 Å². The van der Waals surface area contributed by atoms with Gasteiger partial charge in [0.05, 0.1) is 23.7 Å². The summed E-state index contributed by atoms with van der Waals surface area (Å²) >= 11 is 0. The summed E-state index contributed by atoms with van der Waals surface area (Å²) in [5.41, 5.74) is 3.45. The second-order valence-corrected chi connectivity index (χ2v) is 8.94. The third-order valence-electron chi connectivity index (χ3n) is 6.77. The monoisotopic (exact) mass is 441 g/mol. The van der Waals surface area contributed by atoms with Gasteiger partial charge in [-0.25, -0.2) is 0 Å². The Morgan fingerprint density at radius 3 is 2.45 bits per heavy atom. The molecule has 0 atom stereocenters. The zero-order valence-corrected chi connectivity index (χ0v) is 18.4. The van der Waals surface area contributed by atoms with E-state index in [1.807, 2.05) is 65.2 Å². The minimum atomic E-state index is -0.704. The maximum atomic E-state index is 13.2. The quantitative estimate of drug-likeness (QED) is 0.448. The van der Waals surface area contributed by atoms with Gasteiger partial charge in [0.2, 0.25) is 0 Å². The van der Waals surface area contributed by atoms with Crippen LogP contribution < -0.4 is 5.32 Å². The Kier molecular flexibility index (Phi) is 5.82. The third-order valence-corrected chi connectivity index (χ3v) is 6.77. The lowest BCUT2D eigenvalue weighted by Crippen LogP contribution is -2.33.